The van der Waals surface area contributed by atoms with Crippen molar-refractivity contribution in [1.82, 2.24) is 5.32 Å². The molecule has 0 spiro atoms. The third-order valence-electron chi connectivity index (χ3n) is 6.82. The van der Waals surface area contributed by atoms with Crippen molar-refractivity contribution in [2.24, 2.45) is 23.2 Å². The molecule has 118 valence electrons. The summed E-state index contributed by atoms with van der Waals surface area (Å²) in [5.74, 6) is 2.70. The van der Waals surface area contributed by atoms with Crippen LogP contribution in [0, 0.1) is 23.2 Å². The molecular formula is C18H29NO2. The molecule has 3 nitrogen and oxygen atoms in total. The SMILES string of the molecule is O=C(NC1CCCCCC1O)C12CC3CC(CC(C3)C1)C2. The number of hydrogen-bond acceptors (Lipinski definition) is 2. The molecule has 2 unspecified atom stereocenters. The lowest BCUT2D eigenvalue weighted by Gasteiger charge is -2.56. The lowest BCUT2D eigenvalue weighted by Crippen LogP contribution is -2.56. The van der Waals surface area contributed by atoms with Crippen LogP contribution in [0.4, 0.5) is 0 Å². The number of amides is 1. The first-order valence-electron chi connectivity index (χ1n) is 9.14. The summed E-state index contributed by atoms with van der Waals surface area (Å²) < 4.78 is 0. The molecule has 5 saturated carbocycles. The fraction of sp³-hybridized carbons (Fsp3) is 0.944. The highest BCUT2D eigenvalue weighted by atomic mass is 16.3. The molecule has 5 fully saturated rings. The second-order valence-electron chi connectivity index (χ2n) is 8.48. The molecular weight excluding hydrogens is 262 g/mol. The molecule has 0 aromatic rings. The molecule has 2 atom stereocenters. The maximum Gasteiger partial charge on any atom is 0.226 e. The predicted octanol–water partition coefficient (Wildman–Crippen LogP) is 3.01. The lowest BCUT2D eigenvalue weighted by molar-refractivity contribution is -0.148. The second kappa shape index (κ2) is 5.26. The fourth-order valence-electron chi connectivity index (χ4n) is 6.17. The van der Waals surface area contributed by atoms with Crippen LogP contribution in [0.15, 0.2) is 0 Å². The average Bonchev–Trinajstić information content (AvgIpc) is 2.62. The summed E-state index contributed by atoms with van der Waals surface area (Å²) in [5, 5.41) is 13.5. The third kappa shape index (κ3) is 2.52. The van der Waals surface area contributed by atoms with E-state index in [1.165, 1.54) is 25.7 Å². The molecule has 0 aliphatic heterocycles. The second-order valence-corrected chi connectivity index (χ2v) is 8.48. The summed E-state index contributed by atoms with van der Waals surface area (Å²) in [6.07, 6.45) is 12.4. The van der Waals surface area contributed by atoms with E-state index in [0.717, 1.165) is 62.7 Å². The van der Waals surface area contributed by atoms with Crippen LogP contribution in [0.25, 0.3) is 0 Å². The van der Waals surface area contributed by atoms with Crippen molar-refractivity contribution in [1.29, 1.82) is 0 Å². The largest absolute Gasteiger partial charge is 0.391 e. The molecule has 3 heteroatoms. The van der Waals surface area contributed by atoms with Crippen LogP contribution in [0.5, 0.6) is 0 Å². The van der Waals surface area contributed by atoms with E-state index in [4.69, 9.17) is 0 Å². The first kappa shape index (κ1) is 14.0. The zero-order chi connectivity index (χ0) is 14.4. The van der Waals surface area contributed by atoms with Gasteiger partial charge in [0, 0.05) is 5.41 Å². The van der Waals surface area contributed by atoms with Gasteiger partial charge in [0.15, 0.2) is 0 Å². The van der Waals surface area contributed by atoms with E-state index in [1.807, 2.05) is 0 Å². The quantitative estimate of drug-likeness (QED) is 0.768. The Morgan fingerprint density at radius 2 is 1.48 bits per heavy atom. The zero-order valence-electron chi connectivity index (χ0n) is 13.0. The number of rotatable bonds is 2. The minimum absolute atomic E-state index is 0.00741. The number of carbonyl (C=O) groups is 1. The van der Waals surface area contributed by atoms with E-state index in [0.29, 0.717) is 0 Å². The lowest BCUT2D eigenvalue weighted by atomic mass is 9.49. The van der Waals surface area contributed by atoms with Crippen LogP contribution in [-0.4, -0.2) is 23.2 Å². The van der Waals surface area contributed by atoms with Gasteiger partial charge in [0.25, 0.3) is 0 Å². The zero-order valence-corrected chi connectivity index (χ0v) is 13.0. The first-order chi connectivity index (χ1) is 10.1. The number of aliphatic hydroxyl groups excluding tert-OH is 1. The first-order valence-corrected chi connectivity index (χ1v) is 9.14. The standard InChI is InChI=1S/C18H29NO2/c20-16-5-3-1-2-4-15(16)19-17(21)18-9-12-6-13(10-18)8-14(7-12)11-18/h12-16,20H,1-11H2,(H,19,21). The Balaban J connectivity index is 1.47. The Hall–Kier alpha value is -0.570. The summed E-state index contributed by atoms with van der Waals surface area (Å²) in [4.78, 5) is 13.0. The van der Waals surface area contributed by atoms with Crippen molar-refractivity contribution < 1.29 is 9.90 Å². The van der Waals surface area contributed by atoms with Crippen LogP contribution in [-0.2, 0) is 4.79 Å². The van der Waals surface area contributed by atoms with Crippen molar-refractivity contribution in [2.45, 2.75) is 82.8 Å². The molecule has 0 heterocycles. The minimum Gasteiger partial charge on any atom is -0.391 e. The highest BCUT2D eigenvalue weighted by Crippen LogP contribution is 2.60. The number of aliphatic hydroxyl groups is 1. The van der Waals surface area contributed by atoms with Crippen LogP contribution in [0.1, 0.15) is 70.6 Å². The predicted molar refractivity (Wildman–Crippen MR) is 81.6 cm³/mol. The van der Waals surface area contributed by atoms with Gasteiger partial charge >= 0.3 is 0 Å². The molecule has 0 aromatic carbocycles. The van der Waals surface area contributed by atoms with Gasteiger partial charge in [-0.15, -0.1) is 0 Å². The number of nitrogens with one attached hydrogen (secondary N) is 1. The van der Waals surface area contributed by atoms with Crippen molar-refractivity contribution in [3.05, 3.63) is 0 Å². The van der Waals surface area contributed by atoms with E-state index >= 15 is 0 Å². The molecule has 5 aliphatic rings. The van der Waals surface area contributed by atoms with Gasteiger partial charge in [0.05, 0.1) is 12.1 Å². The monoisotopic (exact) mass is 291 g/mol. The molecule has 1 amide bonds. The van der Waals surface area contributed by atoms with E-state index < -0.39 is 0 Å². The van der Waals surface area contributed by atoms with E-state index in [9.17, 15) is 9.90 Å². The normalized spacial score (nSPS) is 48.9. The molecule has 5 rings (SSSR count). The Bertz CT molecular complexity index is 384. The van der Waals surface area contributed by atoms with Crippen molar-refractivity contribution in [3.8, 4) is 0 Å². The van der Waals surface area contributed by atoms with Gasteiger partial charge in [0.1, 0.15) is 0 Å². The molecule has 0 saturated heterocycles. The van der Waals surface area contributed by atoms with E-state index in [1.54, 1.807) is 0 Å². The van der Waals surface area contributed by atoms with Gasteiger partial charge in [-0.05, 0) is 69.1 Å². The van der Waals surface area contributed by atoms with E-state index in [2.05, 4.69) is 5.32 Å². The minimum atomic E-state index is -0.328. The number of hydrogen-bond donors (Lipinski definition) is 2. The molecule has 5 aliphatic carbocycles. The molecule has 4 bridgehead atoms. The van der Waals surface area contributed by atoms with Gasteiger partial charge in [-0.25, -0.2) is 0 Å². The molecule has 2 N–H and O–H groups in total. The van der Waals surface area contributed by atoms with Crippen molar-refractivity contribution in [2.75, 3.05) is 0 Å². The van der Waals surface area contributed by atoms with Crippen molar-refractivity contribution >= 4 is 5.91 Å². The van der Waals surface area contributed by atoms with Gasteiger partial charge in [-0.1, -0.05) is 19.3 Å². The van der Waals surface area contributed by atoms with Crippen LogP contribution in [0.2, 0.25) is 0 Å². The number of carbonyl (C=O) groups excluding carboxylic acids is 1. The highest BCUT2D eigenvalue weighted by molar-refractivity contribution is 5.83. The summed E-state index contributed by atoms with van der Waals surface area (Å²) in [6, 6.07) is 0.00741. The van der Waals surface area contributed by atoms with Gasteiger partial charge < -0.3 is 10.4 Å². The summed E-state index contributed by atoms with van der Waals surface area (Å²) >= 11 is 0. The smallest absolute Gasteiger partial charge is 0.226 e. The van der Waals surface area contributed by atoms with E-state index in [-0.39, 0.29) is 23.5 Å². The summed E-state index contributed by atoms with van der Waals surface area (Å²) in [7, 11) is 0. The van der Waals surface area contributed by atoms with Crippen LogP contribution in [0.3, 0.4) is 0 Å². The van der Waals surface area contributed by atoms with Gasteiger partial charge in [-0.3, -0.25) is 4.79 Å². The van der Waals surface area contributed by atoms with Gasteiger partial charge in [0.2, 0.25) is 5.91 Å². The fourth-order valence-corrected chi connectivity index (χ4v) is 6.17. The Kier molecular flexibility index (Phi) is 3.52. The molecule has 21 heavy (non-hydrogen) atoms. The van der Waals surface area contributed by atoms with Crippen molar-refractivity contribution in [3.63, 3.8) is 0 Å². The Morgan fingerprint density at radius 3 is 2.10 bits per heavy atom. The maximum atomic E-state index is 13.0. The topological polar surface area (TPSA) is 49.3 Å². The third-order valence-corrected chi connectivity index (χ3v) is 6.82. The van der Waals surface area contributed by atoms with Crippen LogP contribution < -0.4 is 5.32 Å². The highest BCUT2D eigenvalue weighted by Gasteiger charge is 2.54. The average molecular weight is 291 g/mol. The Morgan fingerprint density at radius 1 is 0.905 bits per heavy atom. The molecule has 0 radical (unpaired) electrons. The maximum absolute atomic E-state index is 13.0. The summed E-state index contributed by atoms with van der Waals surface area (Å²) in [5.41, 5.74) is -0.0687. The Labute approximate surface area is 127 Å². The van der Waals surface area contributed by atoms with Crippen LogP contribution >= 0.6 is 0 Å². The molecule has 0 aromatic heterocycles. The summed E-state index contributed by atoms with van der Waals surface area (Å²) in [6.45, 7) is 0. The van der Waals surface area contributed by atoms with Gasteiger partial charge in [-0.2, -0.15) is 0 Å².